The van der Waals surface area contributed by atoms with Gasteiger partial charge in [0, 0.05) is 11.9 Å². The molecule has 0 bridgehead atoms. The van der Waals surface area contributed by atoms with E-state index in [0.717, 1.165) is 6.42 Å². The van der Waals surface area contributed by atoms with Crippen LogP contribution in [0.1, 0.15) is 33.1 Å². The third kappa shape index (κ3) is 1.79. The maximum atomic E-state index is 4.32. The first-order valence-electron chi connectivity index (χ1n) is 4.12. The van der Waals surface area contributed by atoms with Gasteiger partial charge in [-0.1, -0.05) is 12.2 Å². The molecule has 0 radical (unpaired) electrons. The van der Waals surface area contributed by atoms with E-state index in [9.17, 15) is 0 Å². The van der Waals surface area contributed by atoms with Crippen molar-refractivity contribution >= 4 is 6.21 Å². The standard InChI is InChI=1S/C10H15N/c1-4-11-10-7-5-6-9(10)8(2)3/h4H,2,5-7H2,1,3H3. The minimum absolute atomic E-state index is 1.13. The van der Waals surface area contributed by atoms with Crippen LogP contribution in [0.15, 0.2) is 28.4 Å². The zero-order valence-electron chi connectivity index (χ0n) is 7.35. The van der Waals surface area contributed by atoms with E-state index < -0.39 is 0 Å². The fraction of sp³-hybridized carbons (Fsp3) is 0.500. The number of rotatable bonds is 2. The molecule has 0 heterocycles. The zero-order valence-corrected chi connectivity index (χ0v) is 7.35. The largest absolute Gasteiger partial charge is 0.266 e. The Morgan fingerprint density at radius 2 is 2.27 bits per heavy atom. The zero-order chi connectivity index (χ0) is 8.27. The smallest absolute Gasteiger partial charge is 0.0434 e. The topological polar surface area (TPSA) is 12.4 Å². The number of aliphatic imine (C=N–C) groups is 1. The number of allylic oxidation sites excluding steroid dienone is 3. The molecule has 0 aromatic rings. The first kappa shape index (κ1) is 8.25. The van der Waals surface area contributed by atoms with E-state index in [4.69, 9.17) is 0 Å². The second-order valence-corrected chi connectivity index (χ2v) is 2.95. The van der Waals surface area contributed by atoms with Crippen molar-refractivity contribution in [2.24, 2.45) is 4.99 Å². The van der Waals surface area contributed by atoms with Gasteiger partial charge >= 0.3 is 0 Å². The minimum atomic E-state index is 1.13. The van der Waals surface area contributed by atoms with Gasteiger partial charge in [-0.15, -0.1) is 0 Å². The Hall–Kier alpha value is -0.850. The average Bonchev–Trinajstić information content (AvgIpc) is 2.36. The van der Waals surface area contributed by atoms with Crippen molar-refractivity contribution in [3.05, 3.63) is 23.4 Å². The fourth-order valence-corrected chi connectivity index (χ4v) is 1.49. The lowest BCUT2D eigenvalue weighted by Gasteiger charge is -2.00. The van der Waals surface area contributed by atoms with Crippen molar-refractivity contribution in [3.8, 4) is 0 Å². The van der Waals surface area contributed by atoms with Crippen LogP contribution in [-0.4, -0.2) is 6.21 Å². The van der Waals surface area contributed by atoms with E-state index in [1.807, 2.05) is 13.1 Å². The third-order valence-electron chi connectivity index (χ3n) is 1.99. The van der Waals surface area contributed by atoms with Crippen LogP contribution in [0.2, 0.25) is 0 Å². The van der Waals surface area contributed by atoms with Crippen molar-refractivity contribution in [1.82, 2.24) is 0 Å². The maximum absolute atomic E-state index is 4.32. The SMILES string of the molecule is C=C(C)C1=C(N=CC)CCC1. The lowest BCUT2D eigenvalue weighted by molar-refractivity contribution is 0.891. The van der Waals surface area contributed by atoms with Gasteiger partial charge in [-0.3, -0.25) is 4.99 Å². The van der Waals surface area contributed by atoms with Crippen LogP contribution < -0.4 is 0 Å². The van der Waals surface area contributed by atoms with E-state index >= 15 is 0 Å². The molecule has 0 atom stereocenters. The second kappa shape index (κ2) is 3.51. The van der Waals surface area contributed by atoms with E-state index in [2.05, 4.69) is 18.5 Å². The highest BCUT2D eigenvalue weighted by Gasteiger charge is 2.13. The normalized spacial score (nSPS) is 18.4. The van der Waals surface area contributed by atoms with Crippen molar-refractivity contribution in [2.75, 3.05) is 0 Å². The summed E-state index contributed by atoms with van der Waals surface area (Å²) >= 11 is 0. The molecule has 1 aliphatic rings. The Bertz CT molecular complexity index is 221. The van der Waals surface area contributed by atoms with Gasteiger partial charge in [-0.05, 0) is 38.7 Å². The predicted molar refractivity (Wildman–Crippen MR) is 49.9 cm³/mol. The predicted octanol–water partition coefficient (Wildman–Crippen LogP) is 3.09. The molecule has 0 fully saturated rings. The van der Waals surface area contributed by atoms with Crippen molar-refractivity contribution < 1.29 is 0 Å². The van der Waals surface area contributed by atoms with Crippen LogP contribution in [0.25, 0.3) is 0 Å². The van der Waals surface area contributed by atoms with Crippen LogP contribution in [0, 0.1) is 0 Å². The monoisotopic (exact) mass is 149 g/mol. The van der Waals surface area contributed by atoms with E-state index in [1.54, 1.807) is 0 Å². The minimum Gasteiger partial charge on any atom is -0.266 e. The van der Waals surface area contributed by atoms with Crippen LogP contribution in [0.3, 0.4) is 0 Å². The van der Waals surface area contributed by atoms with E-state index in [1.165, 1.54) is 29.7 Å². The molecule has 0 N–H and O–H groups in total. The summed E-state index contributed by atoms with van der Waals surface area (Å²) in [5, 5.41) is 0. The summed E-state index contributed by atoms with van der Waals surface area (Å²) < 4.78 is 0. The molecule has 0 aliphatic heterocycles. The highest BCUT2D eigenvalue weighted by atomic mass is 14.7. The van der Waals surface area contributed by atoms with Crippen molar-refractivity contribution in [2.45, 2.75) is 33.1 Å². The molecule has 0 saturated carbocycles. The highest BCUT2D eigenvalue weighted by Crippen LogP contribution is 2.30. The van der Waals surface area contributed by atoms with E-state index in [0.29, 0.717) is 0 Å². The molecule has 0 aromatic carbocycles. The van der Waals surface area contributed by atoms with Gasteiger partial charge in [0.2, 0.25) is 0 Å². The Morgan fingerprint density at radius 3 is 2.82 bits per heavy atom. The lowest BCUT2D eigenvalue weighted by Crippen LogP contribution is -1.81. The van der Waals surface area contributed by atoms with Crippen LogP contribution in [0.5, 0.6) is 0 Å². The van der Waals surface area contributed by atoms with E-state index in [-0.39, 0.29) is 0 Å². The number of hydrogen-bond donors (Lipinski definition) is 0. The van der Waals surface area contributed by atoms with Crippen LogP contribution in [0.4, 0.5) is 0 Å². The molecule has 0 amide bonds. The van der Waals surface area contributed by atoms with Crippen LogP contribution >= 0.6 is 0 Å². The summed E-state index contributed by atoms with van der Waals surface area (Å²) in [7, 11) is 0. The first-order valence-corrected chi connectivity index (χ1v) is 4.12. The molecule has 0 saturated heterocycles. The summed E-state index contributed by atoms with van der Waals surface area (Å²) in [5.41, 5.74) is 3.81. The fourth-order valence-electron chi connectivity index (χ4n) is 1.49. The molecule has 1 nitrogen and oxygen atoms in total. The third-order valence-corrected chi connectivity index (χ3v) is 1.99. The molecule has 60 valence electrons. The van der Waals surface area contributed by atoms with Gasteiger partial charge in [-0.2, -0.15) is 0 Å². The molecule has 1 heteroatoms. The van der Waals surface area contributed by atoms with Gasteiger partial charge < -0.3 is 0 Å². The van der Waals surface area contributed by atoms with Gasteiger partial charge in [0.25, 0.3) is 0 Å². The average molecular weight is 149 g/mol. The van der Waals surface area contributed by atoms with Gasteiger partial charge in [0.05, 0.1) is 0 Å². The Balaban J connectivity index is 2.86. The molecular formula is C10H15N. The molecule has 0 aromatic heterocycles. The first-order chi connectivity index (χ1) is 5.25. The molecule has 0 unspecified atom stereocenters. The summed E-state index contributed by atoms with van der Waals surface area (Å²) in [6, 6.07) is 0. The second-order valence-electron chi connectivity index (χ2n) is 2.95. The van der Waals surface area contributed by atoms with Gasteiger partial charge in [0.15, 0.2) is 0 Å². The summed E-state index contributed by atoms with van der Waals surface area (Å²) in [5.74, 6) is 0. The lowest BCUT2D eigenvalue weighted by atomic mass is 10.1. The molecule has 1 aliphatic carbocycles. The maximum Gasteiger partial charge on any atom is 0.0434 e. The Kier molecular flexibility index (Phi) is 2.64. The van der Waals surface area contributed by atoms with Crippen molar-refractivity contribution in [3.63, 3.8) is 0 Å². The van der Waals surface area contributed by atoms with Gasteiger partial charge in [-0.25, -0.2) is 0 Å². The molecule has 11 heavy (non-hydrogen) atoms. The summed E-state index contributed by atoms with van der Waals surface area (Å²) in [6.07, 6.45) is 5.41. The highest BCUT2D eigenvalue weighted by molar-refractivity contribution is 5.56. The van der Waals surface area contributed by atoms with Crippen LogP contribution in [-0.2, 0) is 0 Å². The van der Waals surface area contributed by atoms with Crippen molar-refractivity contribution in [1.29, 1.82) is 0 Å². The Morgan fingerprint density at radius 1 is 1.55 bits per heavy atom. The summed E-state index contributed by atoms with van der Waals surface area (Å²) in [6.45, 7) is 7.96. The summed E-state index contributed by atoms with van der Waals surface area (Å²) in [4.78, 5) is 4.32. The molecule has 1 rings (SSSR count). The van der Waals surface area contributed by atoms with Gasteiger partial charge in [0.1, 0.15) is 0 Å². The molecule has 0 spiro atoms. The quantitative estimate of drug-likeness (QED) is 0.535. The molecular weight excluding hydrogens is 134 g/mol. The number of nitrogens with zero attached hydrogens (tertiary/aromatic N) is 1. The number of hydrogen-bond acceptors (Lipinski definition) is 1. The Labute approximate surface area is 68.5 Å².